The Labute approximate surface area is 123 Å². The molecule has 0 aromatic carbocycles. The van der Waals surface area contributed by atoms with E-state index in [1.807, 2.05) is 0 Å². The maximum absolute atomic E-state index is 12.3. The molecule has 1 unspecified atom stereocenters. The number of hydrogen-bond acceptors (Lipinski definition) is 4. The first-order valence-electron chi connectivity index (χ1n) is 5.44. The van der Waals surface area contributed by atoms with Crippen molar-refractivity contribution in [3.05, 3.63) is 28.0 Å². The maximum Gasteiger partial charge on any atom is 0.327 e. The minimum absolute atomic E-state index is 0.0140. The van der Waals surface area contributed by atoms with Crippen LogP contribution < -0.4 is 0 Å². The van der Waals surface area contributed by atoms with Crippen molar-refractivity contribution in [3.8, 4) is 0 Å². The molecule has 1 N–H and O–H groups in total. The Morgan fingerprint density at radius 1 is 1.42 bits per heavy atom. The number of aliphatic carboxylic acids is 1. The quantitative estimate of drug-likeness (QED) is 0.844. The molecule has 0 saturated carbocycles. The largest absolute Gasteiger partial charge is 0.480 e. The molecule has 8 heteroatoms. The van der Waals surface area contributed by atoms with Crippen molar-refractivity contribution in [1.29, 1.82) is 0 Å². The number of hydrogen-bond donors (Lipinski definition) is 1. The average Bonchev–Trinajstić information content (AvgIpc) is 2.38. The molecule has 2 rings (SSSR count). The minimum Gasteiger partial charge on any atom is -0.480 e. The van der Waals surface area contributed by atoms with Gasteiger partial charge in [-0.1, -0.05) is 23.2 Å². The number of rotatable bonds is 2. The summed E-state index contributed by atoms with van der Waals surface area (Å²) < 4.78 is 0. The highest BCUT2D eigenvalue weighted by molar-refractivity contribution is 7.99. The number of carbonyl (C=O) groups excluding carboxylic acids is 1. The summed E-state index contributed by atoms with van der Waals surface area (Å²) in [5.41, 5.74) is 0.171. The van der Waals surface area contributed by atoms with Crippen molar-refractivity contribution in [1.82, 2.24) is 9.88 Å². The fraction of sp³-hybridized carbons (Fsp3) is 0.364. The highest BCUT2D eigenvalue weighted by atomic mass is 35.5. The summed E-state index contributed by atoms with van der Waals surface area (Å²) in [6.07, 6.45) is 0. The second kappa shape index (κ2) is 5.98. The van der Waals surface area contributed by atoms with E-state index in [2.05, 4.69) is 4.98 Å². The number of amides is 1. The molecule has 1 fully saturated rings. The second-order valence-electron chi connectivity index (χ2n) is 3.90. The Hall–Kier alpha value is -0.980. The van der Waals surface area contributed by atoms with Crippen LogP contribution in [0.5, 0.6) is 0 Å². The van der Waals surface area contributed by atoms with Gasteiger partial charge in [0.15, 0.2) is 0 Å². The molecule has 1 aliphatic heterocycles. The van der Waals surface area contributed by atoms with Crippen LogP contribution in [0.2, 0.25) is 10.3 Å². The van der Waals surface area contributed by atoms with Crippen molar-refractivity contribution >= 4 is 46.8 Å². The molecule has 1 saturated heterocycles. The van der Waals surface area contributed by atoms with Gasteiger partial charge in [0.25, 0.3) is 5.91 Å². The smallest absolute Gasteiger partial charge is 0.327 e. The van der Waals surface area contributed by atoms with Gasteiger partial charge in [0.05, 0.1) is 5.56 Å². The van der Waals surface area contributed by atoms with Crippen LogP contribution in [0.15, 0.2) is 12.1 Å². The lowest BCUT2D eigenvalue weighted by atomic mass is 10.2. The lowest BCUT2D eigenvalue weighted by Gasteiger charge is -2.32. The molecular weight excluding hydrogens is 311 g/mol. The molecule has 0 aliphatic carbocycles. The highest BCUT2D eigenvalue weighted by Gasteiger charge is 2.33. The van der Waals surface area contributed by atoms with Gasteiger partial charge in [-0.15, -0.1) is 0 Å². The first-order valence-corrected chi connectivity index (χ1v) is 7.35. The van der Waals surface area contributed by atoms with Gasteiger partial charge in [-0.3, -0.25) is 4.79 Å². The van der Waals surface area contributed by atoms with Gasteiger partial charge in [-0.2, -0.15) is 11.8 Å². The van der Waals surface area contributed by atoms with Crippen LogP contribution in [0.25, 0.3) is 0 Å². The molecule has 1 aliphatic rings. The Morgan fingerprint density at radius 3 is 2.79 bits per heavy atom. The lowest BCUT2D eigenvalue weighted by molar-refractivity contribution is -0.141. The van der Waals surface area contributed by atoms with Crippen LogP contribution in [-0.4, -0.2) is 51.0 Å². The molecule has 0 radical (unpaired) electrons. The van der Waals surface area contributed by atoms with Crippen LogP contribution in [0, 0.1) is 0 Å². The van der Waals surface area contributed by atoms with Crippen molar-refractivity contribution in [2.24, 2.45) is 0 Å². The molecule has 5 nitrogen and oxygen atoms in total. The normalized spacial score (nSPS) is 19.3. The third-order valence-electron chi connectivity index (χ3n) is 2.72. The van der Waals surface area contributed by atoms with Crippen molar-refractivity contribution < 1.29 is 14.7 Å². The first-order chi connectivity index (χ1) is 9.00. The van der Waals surface area contributed by atoms with Crippen LogP contribution >= 0.6 is 35.0 Å². The van der Waals surface area contributed by atoms with Crippen molar-refractivity contribution in [2.45, 2.75) is 6.04 Å². The van der Waals surface area contributed by atoms with Gasteiger partial charge in [0.1, 0.15) is 16.3 Å². The molecule has 1 amide bonds. The van der Waals surface area contributed by atoms with Crippen LogP contribution in [-0.2, 0) is 4.79 Å². The predicted molar refractivity (Wildman–Crippen MR) is 74.0 cm³/mol. The van der Waals surface area contributed by atoms with E-state index in [9.17, 15) is 9.59 Å². The molecule has 102 valence electrons. The van der Waals surface area contributed by atoms with Crippen LogP contribution in [0.1, 0.15) is 10.4 Å². The number of carbonyl (C=O) groups is 2. The predicted octanol–water partition coefficient (Wildman–Crippen LogP) is 2.03. The van der Waals surface area contributed by atoms with E-state index >= 15 is 0 Å². The lowest BCUT2D eigenvalue weighted by Crippen LogP contribution is -2.50. The SMILES string of the molecule is O=C(O)C1CSCCN1C(=O)c1ccc(Cl)nc1Cl. The molecule has 1 atom stereocenters. The summed E-state index contributed by atoms with van der Waals surface area (Å²) in [6.45, 7) is 0.374. The van der Waals surface area contributed by atoms with Gasteiger partial charge in [0.2, 0.25) is 0 Å². The Morgan fingerprint density at radius 2 is 2.16 bits per heavy atom. The third kappa shape index (κ3) is 3.13. The number of nitrogens with zero attached hydrogens (tertiary/aromatic N) is 2. The summed E-state index contributed by atoms with van der Waals surface area (Å²) in [6, 6.07) is 2.08. The van der Waals surface area contributed by atoms with E-state index in [4.69, 9.17) is 28.3 Å². The standard InChI is InChI=1S/C11H10Cl2N2O3S/c12-8-2-1-6(9(13)14-8)10(16)15-3-4-19-5-7(15)11(17)18/h1-2,7H,3-5H2,(H,17,18). The van der Waals surface area contributed by atoms with Gasteiger partial charge in [-0.25, -0.2) is 9.78 Å². The number of pyridine rings is 1. The molecule has 1 aromatic heterocycles. The fourth-order valence-corrected chi connectivity index (χ4v) is 3.24. The molecule has 0 bridgehead atoms. The number of aromatic nitrogens is 1. The Bertz CT molecular complexity index is 527. The van der Waals surface area contributed by atoms with Gasteiger partial charge < -0.3 is 10.0 Å². The summed E-state index contributed by atoms with van der Waals surface area (Å²) in [5.74, 6) is -0.367. The zero-order valence-corrected chi connectivity index (χ0v) is 12.0. The van der Waals surface area contributed by atoms with E-state index in [-0.39, 0.29) is 15.9 Å². The van der Waals surface area contributed by atoms with Gasteiger partial charge in [0, 0.05) is 18.1 Å². The van der Waals surface area contributed by atoms with E-state index in [1.165, 1.54) is 28.8 Å². The monoisotopic (exact) mass is 320 g/mol. The zero-order valence-electron chi connectivity index (χ0n) is 9.68. The van der Waals surface area contributed by atoms with Crippen molar-refractivity contribution in [3.63, 3.8) is 0 Å². The zero-order chi connectivity index (χ0) is 14.0. The van der Waals surface area contributed by atoms with Crippen LogP contribution in [0.4, 0.5) is 0 Å². The summed E-state index contributed by atoms with van der Waals surface area (Å²) in [7, 11) is 0. The van der Waals surface area contributed by atoms with E-state index in [0.717, 1.165) is 0 Å². The molecule has 19 heavy (non-hydrogen) atoms. The van der Waals surface area contributed by atoms with Crippen LogP contribution in [0.3, 0.4) is 0 Å². The van der Waals surface area contributed by atoms with Crippen molar-refractivity contribution in [2.75, 3.05) is 18.1 Å². The number of carboxylic acids is 1. The molecular formula is C11H10Cl2N2O3S. The van der Waals surface area contributed by atoms with E-state index in [1.54, 1.807) is 0 Å². The van der Waals surface area contributed by atoms with E-state index < -0.39 is 17.9 Å². The molecule has 0 spiro atoms. The Balaban J connectivity index is 2.28. The maximum atomic E-state index is 12.3. The number of thioether (sulfide) groups is 1. The topological polar surface area (TPSA) is 70.5 Å². The summed E-state index contributed by atoms with van der Waals surface area (Å²) in [4.78, 5) is 28.6. The highest BCUT2D eigenvalue weighted by Crippen LogP contribution is 2.23. The first kappa shape index (κ1) is 14.4. The molecule has 1 aromatic rings. The van der Waals surface area contributed by atoms with Gasteiger partial charge >= 0.3 is 5.97 Å². The number of halogens is 2. The average molecular weight is 321 g/mol. The van der Waals surface area contributed by atoms with Gasteiger partial charge in [-0.05, 0) is 12.1 Å². The minimum atomic E-state index is -1.02. The van der Waals surface area contributed by atoms with E-state index in [0.29, 0.717) is 18.1 Å². The second-order valence-corrected chi connectivity index (χ2v) is 5.79. The Kier molecular flexibility index (Phi) is 4.54. The summed E-state index contributed by atoms with van der Waals surface area (Å²) >= 11 is 13.1. The molecule has 2 heterocycles. The third-order valence-corrected chi connectivity index (χ3v) is 4.24. The fourth-order valence-electron chi connectivity index (χ4n) is 1.78. The number of carboxylic acid groups (broad SMARTS) is 1. The summed E-state index contributed by atoms with van der Waals surface area (Å²) in [5, 5.41) is 9.31.